The molecule has 3 aromatic heterocycles. The molecule has 0 aliphatic heterocycles. The van der Waals surface area contributed by atoms with Crippen LogP contribution in [-0.2, 0) is 10.8 Å². The molecule has 1 aliphatic rings. The number of aromatic nitrogens is 2. The van der Waals surface area contributed by atoms with Crippen molar-refractivity contribution in [2.45, 2.75) is 51.4 Å². The van der Waals surface area contributed by atoms with Crippen LogP contribution in [0.15, 0.2) is 138 Å². The number of fused-ring (bicyclic) bond motifs is 13. The van der Waals surface area contributed by atoms with Crippen molar-refractivity contribution in [3.63, 3.8) is 0 Å². The second-order valence-corrected chi connectivity index (χ2v) is 16.0. The van der Waals surface area contributed by atoms with Gasteiger partial charge in [-0.1, -0.05) is 107 Å². The molecule has 0 unspecified atom stereocenters. The first-order valence-electron chi connectivity index (χ1n) is 18.2. The SMILES string of the molecule is CC1(C)CCC(C)(C)c2c1ccc1c3cc4c(cc3n(-c3ccccc3)c21)c1c2ccccc2ccc1n4-c1ccc2c(c1)oc1ccccc12. The molecule has 11 rings (SSSR count). The topological polar surface area (TPSA) is 23.0 Å². The molecule has 0 saturated heterocycles. The predicted octanol–water partition coefficient (Wildman–Crippen LogP) is 13.3. The second kappa shape index (κ2) is 9.92. The Balaban J connectivity index is 1.33. The van der Waals surface area contributed by atoms with Crippen molar-refractivity contribution in [2.75, 3.05) is 0 Å². The summed E-state index contributed by atoms with van der Waals surface area (Å²) in [6.07, 6.45) is 2.35. The molecule has 0 fully saturated rings. The van der Waals surface area contributed by atoms with Gasteiger partial charge in [-0.3, -0.25) is 0 Å². The molecule has 51 heavy (non-hydrogen) atoms. The minimum atomic E-state index is 0.0465. The number of rotatable bonds is 2. The maximum absolute atomic E-state index is 6.44. The van der Waals surface area contributed by atoms with Crippen LogP contribution >= 0.6 is 0 Å². The third kappa shape index (κ3) is 3.89. The van der Waals surface area contributed by atoms with E-state index < -0.39 is 0 Å². The highest BCUT2D eigenvalue weighted by molar-refractivity contribution is 6.25. The van der Waals surface area contributed by atoms with Crippen molar-refractivity contribution < 1.29 is 4.42 Å². The molecule has 7 aromatic carbocycles. The number of hydrogen-bond donors (Lipinski definition) is 0. The van der Waals surface area contributed by atoms with Crippen molar-refractivity contribution in [3.8, 4) is 11.4 Å². The molecule has 3 heterocycles. The van der Waals surface area contributed by atoms with Crippen molar-refractivity contribution in [1.82, 2.24) is 9.13 Å². The van der Waals surface area contributed by atoms with Crippen LogP contribution in [0.1, 0.15) is 51.7 Å². The minimum Gasteiger partial charge on any atom is -0.456 e. The third-order valence-electron chi connectivity index (χ3n) is 12.1. The normalized spacial score (nSPS) is 15.6. The monoisotopic (exact) mass is 658 g/mol. The zero-order valence-electron chi connectivity index (χ0n) is 29.4. The van der Waals surface area contributed by atoms with E-state index in [2.05, 4.69) is 164 Å². The molecule has 0 bridgehead atoms. The quantitative estimate of drug-likeness (QED) is 0.181. The van der Waals surface area contributed by atoms with Gasteiger partial charge in [-0.15, -0.1) is 0 Å². The minimum absolute atomic E-state index is 0.0465. The number of benzene rings is 7. The molecule has 246 valence electrons. The van der Waals surface area contributed by atoms with E-state index in [-0.39, 0.29) is 10.8 Å². The van der Waals surface area contributed by atoms with Crippen LogP contribution in [0.4, 0.5) is 0 Å². The molecule has 0 amide bonds. The largest absolute Gasteiger partial charge is 0.456 e. The molecule has 0 saturated carbocycles. The summed E-state index contributed by atoms with van der Waals surface area (Å²) in [5, 5.41) is 9.94. The summed E-state index contributed by atoms with van der Waals surface area (Å²) in [4.78, 5) is 0. The molecule has 0 N–H and O–H groups in total. The number of hydrogen-bond acceptors (Lipinski definition) is 1. The second-order valence-electron chi connectivity index (χ2n) is 16.0. The number of nitrogens with zero attached hydrogens (tertiary/aromatic N) is 2. The van der Waals surface area contributed by atoms with Crippen LogP contribution in [0.2, 0.25) is 0 Å². The van der Waals surface area contributed by atoms with Crippen molar-refractivity contribution in [3.05, 3.63) is 145 Å². The molecular weight excluding hydrogens is 621 g/mol. The zero-order chi connectivity index (χ0) is 34.2. The summed E-state index contributed by atoms with van der Waals surface area (Å²) in [6.45, 7) is 9.75. The first-order valence-corrected chi connectivity index (χ1v) is 18.2. The Bertz CT molecular complexity index is 3080. The van der Waals surface area contributed by atoms with Crippen LogP contribution in [-0.4, -0.2) is 9.13 Å². The van der Waals surface area contributed by atoms with E-state index in [0.29, 0.717) is 0 Å². The van der Waals surface area contributed by atoms with Crippen LogP contribution in [0, 0.1) is 0 Å². The summed E-state index contributed by atoms with van der Waals surface area (Å²) in [6, 6.07) is 49.2. The average molecular weight is 659 g/mol. The maximum atomic E-state index is 6.44. The lowest BCUT2D eigenvalue weighted by atomic mass is 9.62. The van der Waals surface area contributed by atoms with Gasteiger partial charge in [0.2, 0.25) is 0 Å². The van der Waals surface area contributed by atoms with Gasteiger partial charge in [0.1, 0.15) is 11.2 Å². The van der Waals surface area contributed by atoms with E-state index in [0.717, 1.165) is 34.0 Å². The Kier molecular flexibility index (Phi) is 5.64. The Morgan fingerprint density at radius 2 is 1.16 bits per heavy atom. The van der Waals surface area contributed by atoms with Gasteiger partial charge in [0.15, 0.2) is 0 Å². The number of furan rings is 1. The van der Waals surface area contributed by atoms with E-state index in [9.17, 15) is 0 Å². The van der Waals surface area contributed by atoms with Gasteiger partial charge in [0, 0.05) is 49.8 Å². The van der Waals surface area contributed by atoms with Gasteiger partial charge in [-0.05, 0) is 94.1 Å². The summed E-state index contributed by atoms with van der Waals surface area (Å²) < 4.78 is 11.5. The van der Waals surface area contributed by atoms with Crippen LogP contribution in [0.3, 0.4) is 0 Å². The first kappa shape index (κ1) is 29.0. The van der Waals surface area contributed by atoms with E-state index in [1.807, 2.05) is 6.07 Å². The van der Waals surface area contributed by atoms with E-state index in [1.54, 1.807) is 0 Å². The molecule has 0 radical (unpaired) electrons. The van der Waals surface area contributed by atoms with E-state index >= 15 is 0 Å². The standard InChI is InChI=1S/C48H38N2O/c1-47(2)24-25-48(3,4)45-38(47)22-21-35-36-27-41-37(28-40(36)50(46(35)45)30-13-6-5-7-14-30)44-32-15-9-8-12-29(32)18-23-39(44)49(41)31-19-20-34-33-16-10-11-17-42(33)51-43(34)26-31/h5-23,26-28H,24-25H2,1-4H3. The van der Waals surface area contributed by atoms with E-state index in [4.69, 9.17) is 4.42 Å². The lowest BCUT2D eigenvalue weighted by molar-refractivity contribution is 0.334. The van der Waals surface area contributed by atoms with E-state index in [1.165, 1.54) is 77.6 Å². The van der Waals surface area contributed by atoms with Crippen molar-refractivity contribution in [1.29, 1.82) is 0 Å². The van der Waals surface area contributed by atoms with Crippen molar-refractivity contribution in [2.24, 2.45) is 0 Å². The van der Waals surface area contributed by atoms with Crippen LogP contribution < -0.4 is 0 Å². The highest BCUT2D eigenvalue weighted by Gasteiger charge is 2.39. The smallest absolute Gasteiger partial charge is 0.137 e. The first-order chi connectivity index (χ1) is 24.8. The Morgan fingerprint density at radius 3 is 2.02 bits per heavy atom. The molecule has 1 aliphatic carbocycles. The predicted molar refractivity (Wildman–Crippen MR) is 215 cm³/mol. The molecular formula is C48H38N2O. The van der Waals surface area contributed by atoms with Crippen molar-refractivity contribution >= 4 is 76.3 Å². The van der Waals surface area contributed by atoms with Gasteiger partial charge >= 0.3 is 0 Å². The molecule has 0 atom stereocenters. The van der Waals surface area contributed by atoms with Gasteiger partial charge in [-0.2, -0.15) is 0 Å². The van der Waals surface area contributed by atoms with Gasteiger partial charge in [-0.25, -0.2) is 0 Å². The molecule has 3 nitrogen and oxygen atoms in total. The third-order valence-corrected chi connectivity index (χ3v) is 12.1. The summed E-state index contributed by atoms with van der Waals surface area (Å²) in [5.41, 5.74) is 12.3. The summed E-state index contributed by atoms with van der Waals surface area (Å²) in [5.74, 6) is 0. The Morgan fingerprint density at radius 1 is 0.471 bits per heavy atom. The fourth-order valence-corrected chi connectivity index (χ4v) is 9.49. The zero-order valence-corrected chi connectivity index (χ0v) is 29.4. The lowest BCUT2D eigenvalue weighted by Gasteiger charge is -2.42. The molecule has 0 spiro atoms. The number of para-hydroxylation sites is 2. The maximum Gasteiger partial charge on any atom is 0.137 e. The highest BCUT2D eigenvalue weighted by Crippen LogP contribution is 2.51. The van der Waals surface area contributed by atoms with Gasteiger partial charge < -0.3 is 13.6 Å². The Hall–Kier alpha value is -5.80. The lowest BCUT2D eigenvalue weighted by Crippen LogP contribution is -2.34. The average Bonchev–Trinajstić information content (AvgIpc) is 3.79. The fraction of sp³-hybridized carbons (Fsp3) is 0.167. The van der Waals surface area contributed by atoms with Crippen LogP contribution in [0.25, 0.3) is 87.7 Å². The van der Waals surface area contributed by atoms with Gasteiger partial charge in [0.05, 0.1) is 22.1 Å². The van der Waals surface area contributed by atoms with Crippen LogP contribution in [0.5, 0.6) is 0 Å². The molecule has 3 heteroatoms. The van der Waals surface area contributed by atoms with Gasteiger partial charge in [0.25, 0.3) is 0 Å². The Labute approximate surface area is 296 Å². The fourth-order valence-electron chi connectivity index (χ4n) is 9.49. The summed E-state index contributed by atoms with van der Waals surface area (Å²) >= 11 is 0. The highest BCUT2D eigenvalue weighted by atomic mass is 16.3. The summed E-state index contributed by atoms with van der Waals surface area (Å²) in [7, 11) is 0. The molecule has 10 aromatic rings.